The first-order valence-electron chi connectivity index (χ1n) is 5.31. The van der Waals surface area contributed by atoms with E-state index in [1.165, 1.54) is 0 Å². The normalized spacial score (nSPS) is 11.2. The Labute approximate surface area is 111 Å². The quantitative estimate of drug-likeness (QED) is 0.627. The minimum atomic E-state index is -3.00. The van der Waals surface area contributed by atoms with Crippen molar-refractivity contribution in [2.75, 3.05) is 24.3 Å². The van der Waals surface area contributed by atoms with Gasteiger partial charge in [0.1, 0.15) is 9.84 Å². The average molecular weight is 291 g/mol. The van der Waals surface area contributed by atoms with Crippen LogP contribution in [0, 0.1) is 0 Å². The van der Waals surface area contributed by atoms with E-state index in [0.29, 0.717) is 12.1 Å². The average Bonchev–Trinajstić information content (AvgIpc) is 2.26. The molecule has 0 saturated carbocycles. The van der Waals surface area contributed by atoms with Gasteiger partial charge in [-0.1, -0.05) is 17.7 Å². The van der Waals surface area contributed by atoms with Crippen molar-refractivity contribution < 1.29 is 13.2 Å². The fourth-order valence-corrected chi connectivity index (χ4v) is 2.24. The zero-order valence-electron chi connectivity index (χ0n) is 9.94. The number of amides is 1. The monoisotopic (exact) mass is 290 g/mol. The zero-order chi connectivity index (χ0) is 13.8. The van der Waals surface area contributed by atoms with Crippen LogP contribution in [-0.4, -0.2) is 32.9 Å². The third kappa shape index (κ3) is 4.54. The Balaban J connectivity index is 2.54. The Morgan fingerprint density at radius 3 is 2.72 bits per heavy atom. The van der Waals surface area contributed by atoms with Crippen molar-refractivity contribution in [3.8, 4) is 0 Å². The fourth-order valence-electron chi connectivity index (χ4n) is 1.36. The Kier molecular flexibility index (Phi) is 4.98. The third-order valence-corrected chi connectivity index (χ3v) is 3.70. The highest BCUT2D eigenvalue weighted by atomic mass is 35.5. The van der Waals surface area contributed by atoms with E-state index < -0.39 is 9.84 Å². The van der Waals surface area contributed by atoms with E-state index >= 15 is 0 Å². The molecule has 0 aromatic heterocycles. The first-order valence-corrected chi connectivity index (χ1v) is 7.75. The van der Waals surface area contributed by atoms with Crippen molar-refractivity contribution in [2.24, 2.45) is 0 Å². The van der Waals surface area contributed by atoms with Gasteiger partial charge in [-0.2, -0.15) is 0 Å². The molecule has 0 aliphatic carbocycles. The van der Waals surface area contributed by atoms with Crippen LogP contribution in [0.4, 0.5) is 5.69 Å². The Hall–Kier alpha value is -1.27. The van der Waals surface area contributed by atoms with Crippen LogP contribution in [0.1, 0.15) is 16.8 Å². The third-order valence-electron chi connectivity index (χ3n) is 2.25. The van der Waals surface area contributed by atoms with E-state index in [0.717, 1.165) is 6.26 Å². The van der Waals surface area contributed by atoms with Crippen LogP contribution in [0.2, 0.25) is 5.02 Å². The van der Waals surface area contributed by atoms with Crippen LogP contribution in [0.3, 0.4) is 0 Å². The van der Waals surface area contributed by atoms with Crippen molar-refractivity contribution in [2.45, 2.75) is 6.42 Å². The fraction of sp³-hybridized carbons (Fsp3) is 0.364. The molecule has 0 aliphatic heterocycles. The summed E-state index contributed by atoms with van der Waals surface area (Å²) >= 11 is 5.89. The molecule has 18 heavy (non-hydrogen) atoms. The molecule has 5 nitrogen and oxygen atoms in total. The van der Waals surface area contributed by atoms with E-state index in [1.54, 1.807) is 18.2 Å². The van der Waals surface area contributed by atoms with Crippen molar-refractivity contribution >= 4 is 33.0 Å². The lowest BCUT2D eigenvalue weighted by molar-refractivity contribution is 0.0954. The van der Waals surface area contributed by atoms with Crippen LogP contribution in [0.15, 0.2) is 18.2 Å². The highest BCUT2D eigenvalue weighted by Gasteiger charge is 2.11. The molecule has 0 aliphatic rings. The number of nitrogens with two attached hydrogens (primary N) is 1. The lowest BCUT2D eigenvalue weighted by Gasteiger charge is -2.07. The minimum Gasteiger partial charge on any atom is -0.398 e. The maximum atomic E-state index is 11.7. The molecule has 0 saturated heterocycles. The van der Waals surface area contributed by atoms with Crippen LogP contribution >= 0.6 is 11.6 Å². The number of hydrogen-bond donors (Lipinski definition) is 2. The van der Waals surface area contributed by atoms with Crippen molar-refractivity contribution in [1.82, 2.24) is 5.32 Å². The lowest BCUT2D eigenvalue weighted by atomic mass is 10.2. The summed E-state index contributed by atoms with van der Waals surface area (Å²) in [6.45, 7) is 0.275. The number of sulfone groups is 1. The van der Waals surface area contributed by atoms with Gasteiger partial charge < -0.3 is 11.1 Å². The second kappa shape index (κ2) is 6.06. The molecule has 0 radical (unpaired) electrons. The summed E-state index contributed by atoms with van der Waals surface area (Å²) in [6, 6.07) is 4.79. The van der Waals surface area contributed by atoms with Crippen molar-refractivity contribution in [1.29, 1.82) is 0 Å². The molecule has 0 unspecified atom stereocenters. The number of carbonyl (C=O) groups excluding carboxylic acids is 1. The summed E-state index contributed by atoms with van der Waals surface area (Å²) in [5.74, 6) is -0.321. The van der Waals surface area contributed by atoms with Gasteiger partial charge in [0.2, 0.25) is 0 Å². The highest BCUT2D eigenvalue weighted by Crippen LogP contribution is 2.22. The number of carbonyl (C=O) groups is 1. The standard InChI is InChI=1S/C11H15ClN2O3S/c1-18(16,17)7-3-6-14-11(15)8-4-2-5-9(13)10(8)12/h2,4-5H,3,6-7,13H2,1H3,(H,14,15). The molecule has 1 aromatic rings. The largest absolute Gasteiger partial charge is 0.398 e. The summed E-state index contributed by atoms with van der Waals surface area (Å²) in [4.78, 5) is 11.7. The van der Waals surface area contributed by atoms with Gasteiger partial charge in [-0.15, -0.1) is 0 Å². The predicted octanol–water partition coefficient (Wildman–Crippen LogP) is 1.09. The van der Waals surface area contributed by atoms with E-state index in [9.17, 15) is 13.2 Å². The second-order valence-electron chi connectivity index (χ2n) is 3.95. The van der Waals surface area contributed by atoms with Gasteiger partial charge in [0.05, 0.1) is 22.0 Å². The van der Waals surface area contributed by atoms with Crippen LogP contribution in [0.25, 0.3) is 0 Å². The molecule has 0 heterocycles. The number of nitrogen functional groups attached to an aromatic ring is 1. The molecule has 3 N–H and O–H groups in total. The van der Waals surface area contributed by atoms with Crippen LogP contribution < -0.4 is 11.1 Å². The van der Waals surface area contributed by atoms with E-state index in [4.69, 9.17) is 17.3 Å². The number of rotatable bonds is 5. The zero-order valence-corrected chi connectivity index (χ0v) is 11.5. The van der Waals surface area contributed by atoms with Crippen molar-refractivity contribution in [3.05, 3.63) is 28.8 Å². The SMILES string of the molecule is CS(=O)(=O)CCCNC(=O)c1cccc(N)c1Cl. The Morgan fingerprint density at radius 1 is 1.44 bits per heavy atom. The Bertz CT molecular complexity index is 543. The maximum Gasteiger partial charge on any atom is 0.252 e. The minimum absolute atomic E-state index is 0.0396. The molecule has 0 atom stereocenters. The molecular weight excluding hydrogens is 276 g/mol. The number of nitrogens with one attached hydrogen (secondary N) is 1. The van der Waals surface area contributed by atoms with Gasteiger partial charge in [0.15, 0.2) is 0 Å². The van der Waals surface area contributed by atoms with Gasteiger partial charge in [-0.25, -0.2) is 8.42 Å². The molecule has 0 bridgehead atoms. The molecule has 7 heteroatoms. The molecule has 0 spiro atoms. The molecular formula is C11H15ClN2O3S. The number of hydrogen-bond acceptors (Lipinski definition) is 4. The second-order valence-corrected chi connectivity index (χ2v) is 6.59. The molecule has 1 amide bonds. The van der Waals surface area contributed by atoms with Gasteiger partial charge in [-0.3, -0.25) is 4.79 Å². The first-order chi connectivity index (χ1) is 8.31. The Morgan fingerprint density at radius 2 is 2.11 bits per heavy atom. The topological polar surface area (TPSA) is 89.3 Å². The predicted molar refractivity (Wildman–Crippen MR) is 72.5 cm³/mol. The van der Waals surface area contributed by atoms with Gasteiger partial charge in [0.25, 0.3) is 5.91 Å². The molecule has 0 fully saturated rings. The van der Waals surface area contributed by atoms with Gasteiger partial charge in [-0.05, 0) is 18.6 Å². The summed E-state index contributed by atoms with van der Waals surface area (Å²) in [5, 5.41) is 2.80. The van der Waals surface area contributed by atoms with E-state index in [1.807, 2.05) is 0 Å². The highest BCUT2D eigenvalue weighted by molar-refractivity contribution is 7.90. The summed E-state index contributed by atoms with van der Waals surface area (Å²) in [6.07, 6.45) is 1.52. The maximum absolute atomic E-state index is 11.7. The van der Waals surface area contributed by atoms with E-state index in [-0.39, 0.29) is 28.8 Å². The summed E-state index contributed by atoms with van der Waals surface area (Å²) < 4.78 is 21.8. The summed E-state index contributed by atoms with van der Waals surface area (Å²) in [5.41, 5.74) is 6.20. The van der Waals surface area contributed by atoms with Crippen LogP contribution in [-0.2, 0) is 9.84 Å². The lowest BCUT2D eigenvalue weighted by Crippen LogP contribution is -2.26. The molecule has 1 aromatic carbocycles. The smallest absolute Gasteiger partial charge is 0.252 e. The molecule has 1 rings (SSSR count). The number of anilines is 1. The van der Waals surface area contributed by atoms with Crippen molar-refractivity contribution in [3.63, 3.8) is 0 Å². The summed E-state index contributed by atoms with van der Waals surface area (Å²) in [7, 11) is -3.00. The van der Waals surface area contributed by atoms with Gasteiger partial charge >= 0.3 is 0 Å². The van der Waals surface area contributed by atoms with Crippen LogP contribution in [0.5, 0.6) is 0 Å². The van der Waals surface area contributed by atoms with E-state index in [2.05, 4.69) is 5.32 Å². The number of benzene rings is 1. The van der Waals surface area contributed by atoms with Gasteiger partial charge in [0, 0.05) is 12.8 Å². The molecule has 100 valence electrons. The number of halogens is 1. The first kappa shape index (κ1) is 14.8.